The Hall–Kier alpha value is -0.930. The zero-order chi connectivity index (χ0) is 13.7. The summed E-state index contributed by atoms with van der Waals surface area (Å²) in [6.45, 7) is 3.84. The summed E-state index contributed by atoms with van der Waals surface area (Å²) in [5, 5.41) is 13.3. The molecule has 2 rings (SSSR count). The number of aliphatic hydroxyl groups excluding tert-OH is 1. The Morgan fingerprint density at radius 3 is 2.47 bits per heavy atom. The van der Waals surface area contributed by atoms with Crippen LogP contribution in [-0.4, -0.2) is 18.2 Å². The highest BCUT2D eigenvalue weighted by molar-refractivity contribution is 5.18. The molecule has 1 aliphatic rings. The van der Waals surface area contributed by atoms with E-state index in [2.05, 4.69) is 12.2 Å². The highest BCUT2D eigenvalue weighted by Gasteiger charge is 2.18. The average Bonchev–Trinajstić information content (AvgIpc) is 2.41. The van der Waals surface area contributed by atoms with E-state index in [1.807, 2.05) is 0 Å². The van der Waals surface area contributed by atoms with Crippen molar-refractivity contribution in [2.45, 2.75) is 38.7 Å². The molecule has 1 aromatic rings. The van der Waals surface area contributed by atoms with E-state index in [1.165, 1.54) is 37.8 Å². The molecule has 0 saturated heterocycles. The van der Waals surface area contributed by atoms with Gasteiger partial charge in [-0.25, -0.2) is 4.39 Å². The largest absolute Gasteiger partial charge is 0.387 e. The van der Waals surface area contributed by atoms with E-state index >= 15 is 0 Å². The van der Waals surface area contributed by atoms with Gasteiger partial charge in [0.2, 0.25) is 0 Å². The Morgan fingerprint density at radius 1 is 1.21 bits per heavy atom. The molecule has 1 aliphatic carbocycles. The van der Waals surface area contributed by atoms with Crippen LogP contribution in [0.4, 0.5) is 4.39 Å². The van der Waals surface area contributed by atoms with Crippen LogP contribution in [0.15, 0.2) is 24.3 Å². The molecule has 2 nitrogen and oxygen atoms in total. The summed E-state index contributed by atoms with van der Waals surface area (Å²) in [4.78, 5) is 0. The van der Waals surface area contributed by atoms with E-state index in [-0.39, 0.29) is 5.82 Å². The smallest absolute Gasteiger partial charge is 0.123 e. The van der Waals surface area contributed by atoms with Crippen molar-refractivity contribution in [2.24, 2.45) is 11.8 Å². The van der Waals surface area contributed by atoms with Crippen molar-refractivity contribution in [1.82, 2.24) is 5.32 Å². The van der Waals surface area contributed by atoms with E-state index in [1.54, 1.807) is 12.1 Å². The zero-order valence-electron chi connectivity index (χ0n) is 11.6. The first-order chi connectivity index (χ1) is 9.15. The molecule has 0 spiro atoms. The topological polar surface area (TPSA) is 32.3 Å². The number of hydrogen-bond acceptors (Lipinski definition) is 2. The van der Waals surface area contributed by atoms with Gasteiger partial charge < -0.3 is 10.4 Å². The lowest BCUT2D eigenvalue weighted by molar-refractivity contribution is 0.169. The highest BCUT2D eigenvalue weighted by Crippen LogP contribution is 2.27. The molecule has 1 aromatic carbocycles. The summed E-state index contributed by atoms with van der Waals surface area (Å²) in [5.41, 5.74) is 0.770. The maximum atomic E-state index is 12.8. The molecule has 1 atom stereocenters. The molecule has 1 fully saturated rings. The Labute approximate surface area is 115 Å². The van der Waals surface area contributed by atoms with Crippen LogP contribution in [0.1, 0.15) is 44.3 Å². The van der Waals surface area contributed by atoms with Gasteiger partial charge in [0.25, 0.3) is 0 Å². The van der Waals surface area contributed by atoms with Gasteiger partial charge in [-0.1, -0.05) is 31.9 Å². The fraction of sp³-hybridized carbons (Fsp3) is 0.625. The van der Waals surface area contributed by atoms with E-state index in [4.69, 9.17) is 0 Å². The molecule has 1 unspecified atom stereocenters. The van der Waals surface area contributed by atoms with Gasteiger partial charge in [-0.15, -0.1) is 0 Å². The van der Waals surface area contributed by atoms with Crippen LogP contribution in [0.5, 0.6) is 0 Å². The molecular weight excluding hydrogens is 241 g/mol. The number of rotatable bonds is 5. The minimum Gasteiger partial charge on any atom is -0.387 e. The SMILES string of the molecule is CC1CCC(CNCC(O)c2ccc(F)cc2)CC1. The summed E-state index contributed by atoms with van der Waals surface area (Å²) in [5.74, 6) is 1.36. The zero-order valence-corrected chi connectivity index (χ0v) is 11.6. The lowest BCUT2D eigenvalue weighted by atomic mass is 9.83. The van der Waals surface area contributed by atoms with Crippen molar-refractivity contribution in [3.05, 3.63) is 35.6 Å². The Balaban J connectivity index is 1.69. The fourth-order valence-electron chi connectivity index (χ4n) is 2.76. The molecule has 0 bridgehead atoms. The second-order valence-electron chi connectivity index (χ2n) is 5.85. The Kier molecular flexibility index (Phi) is 5.34. The van der Waals surface area contributed by atoms with Crippen LogP contribution in [0.3, 0.4) is 0 Å². The summed E-state index contributed by atoms with van der Waals surface area (Å²) < 4.78 is 12.8. The van der Waals surface area contributed by atoms with Crippen molar-refractivity contribution in [3.8, 4) is 0 Å². The minimum absolute atomic E-state index is 0.264. The van der Waals surface area contributed by atoms with Gasteiger partial charge in [-0.3, -0.25) is 0 Å². The predicted molar refractivity (Wildman–Crippen MR) is 75.4 cm³/mol. The molecule has 0 aromatic heterocycles. The number of benzene rings is 1. The van der Waals surface area contributed by atoms with Gasteiger partial charge in [-0.2, -0.15) is 0 Å². The molecule has 3 heteroatoms. The van der Waals surface area contributed by atoms with Gasteiger partial charge in [0, 0.05) is 6.54 Å². The molecule has 0 heterocycles. The maximum Gasteiger partial charge on any atom is 0.123 e. The summed E-state index contributed by atoms with van der Waals surface area (Å²) in [6.07, 6.45) is 4.68. The van der Waals surface area contributed by atoms with Gasteiger partial charge in [0.1, 0.15) is 5.82 Å². The Morgan fingerprint density at radius 2 is 1.84 bits per heavy atom. The molecule has 0 aliphatic heterocycles. The first-order valence-corrected chi connectivity index (χ1v) is 7.29. The van der Waals surface area contributed by atoms with Crippen LogP contribution >= 0.6 is 0 Å². The van der Waals surface area contributed by atoms with Crippen LogP contribution in [0, 0.1) is 17.7 Å². The third kappa shape index (κ3) is 4.59. The maximum absolute atomic E-state index is 12.8. The van der Waals surface area contributed by atoms with E-state index < -0.39 is 6.10 Å². The minimum atomic E-state index is -0.553. The average molecular weight is 265 g/mol. The number of aliphatic hydroxyl groups is 1. The normalized spacial score (nSPS) is 25.2. The molecule has 2 N–H and O–H groups in total. The van der Waals surface area contributed by atoms with Gasteiger partial charge in [-0.05, 0) is 48.9 Å². The summed E-state index contributed by atoms with van der Waals surface area (Å²) in [6, 6.07) is 6.07. The molecule has 106 valence electrons. The lowest BCUT2D eigenvalue weighted by Crippen LogP contribution is -2.29. The monoisotopic (exact) mass is 265 g/mol. The number of hydrogen-bond donors (Lipinski definition) is 2. The predicted octanol–water partition coefficient (Wildman–Crippen LogP) is 3.28. The van der Waals surface area contributed by atoms with Crippen LogP contribution in [-0.2, 0) is 0 Å². The van der Waals surface area contributed by atoms with E-state index in [0.29, 0.717) is 6.54 Å². The lowest BCUT2D eigenvalue weighted by Gasteiger charge is -2.26. The molecule has 0 amide bonds. The summed E-state index contributed by atoms with van der Waals surface area (Å²) in [7, 11) is 0. The quantitative estimate of drug-likeness (QED) is 0.856. The van der Waals surface area contributed by atoms with Crippen molar-refractivity contribution >= 4 is 0 Å². The molecule has 0 radical (unpaired) electrons. The Bertz CT molecular complexity index is 371. The van der Waals surface area contributed by atoms with Crippen molar-refractivity contribution < 1.29 is 9.50 Å². The second-order valence-corrected chi connectivity index (χ2v) is 5.85. The van der Waals surface area contributed by atoms with Crippen molar-refractivity contribution in [3.63, 3.8) is 0 Å². The number of nitrogens with one attached hydrogen (secondary N) is 1. The molecule has 1 saturated carbocycles. The van der Waals surface area contributed by atoms with E-state index in [9.17, 15) is 9.50 Å². The van der Waals surface area contributed by atoms with Crippen LogP contribution in [0.2, 0.25) is 0 Å². The third-order valence-corrected chi connectivity index (χ3v) is 4.16. The van der Waals surface area contributed by atoms with Crippen molar-refractivity contribution in [2.75, 3.05) is 13.1 Å². The number of halogens is 1. The van der Waals surface area contributed by atoms with Crippen LogP contribution in [0.25, 0.3) is 0 Å². The fourth-order valence-corrected chi connectivity index (χ4v) is 2.76. The standard InChI is InChI=1S/C16H24FNO/c1-12-2-4-13(5-3-12)10-18-11-16(19)14-6-8-15(17)9-7-14/h6-9,12-13,16,18-19H,2-5,10-11H2,1H3. The molecule has 19 heavy (non-hydrogen) atoms. The van der Waals surface area contributed by atoms with Gasteiger partial charge in [0.15, 0.2) is 0 Å². The highest BCUT2D eigenvalue weighted by atomic mass is 19.1. The van der Waals surface area contributed by atoms with Gasteiger partial charge >= 0.3 is 0 Å². The van der Waals surface area contributed by atoms with Crippen LogP contribution < -0.4 is 5.32 Å². The van der Waals surface area contributed by atoms with E-state index in [0.717, 1.165) is 23.9 Å². The molecular formula is C16H24FNO. The van der Waals surface area contributed by atoms with Gasteiger partial charge in [0.05, 0.1) is 6.10 Å². The first-order valence-electron chi connectivity index (χ1n) is 7.29. The third-order valence-electron chi connectivity index (χ3n) is 4.16. The first kappa shape index (κ1) is 14.5. The summed E-state index contributed by atoms with van der Waals surface area (Å²) >= 11 is 0. The van der Waals surface area contributed by atoms with Crippen molar-refractivity contribution in [1.29, 1.82) is 0 Å². The second kappa shape index (κ2) is 7.01.